The van der Waals surface area contributed by atoms with E-state index in [1.807, 2.05) is 12.1 Å². The number of rotatable bonds is 8. The van der Waals surface area contributed by atoms with Crippen LogP contribution >= 0.6 is 11.6 Å². The molecule has 1 aromatic carbocycles. The van der Waals surface area contributed by atoms with Crippen LogP contribution in [0.3, 0.4) is 0 Å². The van der Waals surface area contributed by atoms with Gasteiger partial charge < -0.3 is 5.32 Å². The lowest BCUT2D eigenvalue weighted by atomic mass is 10.0. The zero-order valence-corrected chi connectivity index (χ0v) is 11.8. The zero-order valence-electron chi connectivity index (χ0n) is 11.0. The second-order valence-electron chi connectivity index (χ2n) is 4.53. The molecule has 1 N–H and O–H groups in total. The van der Waals surface area contributed by atoms with Crippen LogP contribution < -0.4 is 5.32 Å². The summed E-state index contributed by atoms with van der Waals surface area (Å²) in [5.74, 6) is 0. The van der Waals surface area contributed by atoms with Crippen molar-refractivity contribution in [3.8, 4) is 0 Å². The second-order valence-corrected chi connectivity index (χ2v) is 4.97. The Balaban J connectivity index is 2.38. The van der Waals surface area contributed by atoms with Gasteiger partial charge in [0.05, 0.1) is 0 Å². The van der Waals surface area contributed by atoms with Crippen molar-refractivity contribution in [1.82, 2.24) is 5.32 Å². The Hall–Kier alpha value is -0.530. The maximum atomic E-state index is 6.02. The minimum absolute atomic E-state index is 0.440. The lowest BCUT2D eigenvalue weighted by molar-refractivity contribution is 0.497. The van der Waals surface area contributed by atoms with Crippen molar-refractivity contribution in [2.45, 2.75) is 52.0 Å². The largest absolute Gasteiger partial charge is 0.310 e. The van der Waals surface area contributed by atoms with Crippen LogP contribution in [0, 0.1) is 0 Å². The van der Waals surface area contributed by atoms with Crippen molar-refractivity contribution in [2.75, 3.05) is 6.54 Å². The molecule has 0 saturated heterocycles. The minimum Gasteiger partial charge on any atom is -0.310 e. The number of halogens is 1. The molecule has 96 valence electrons. The molecule has 0 fully saturated rings. The molecular weight excluding hydrogens is 230 g/mol. The first-order valence-corrected chi connectivity index (χ1v) is 7.14. The van der Waals surface area contributed by atoms with Crippen LogP contribution in [0.5, 0.6) is 0 Å². The summed E-state index contributed by atoms with van der Waals surface area (Å²) in [5, 5.41) is 4.44. The zero-order chi connectivity index (χ0) is 12.5. The smallest absolute Gasteiger partial charge is 0.0409 e. The fourth-order valence-corrected chi connectivity index (χ4v) is 2.25. The van der Waals surface area contributed by atoms with Gasteiger partial charge in [0.1, 0.15) is 0 Å². The average molecular weight is 254 g/mol. The summed E-state index contributed by atoms with van der Waals surface area (Å²) < 4.78 is 0. The van der Waals surface area contributed by atoms with Gasteiger partial charge in [-0.05, 0) is 37.1 Å². The van der Waals surface area contributed by atoms with Gasteiger partial charge in [-0.3, -0.25) is 0 Å². The third kappa shape index (κ3) is 5.56. The molecule has 1 atom stereocenters. The summed E-state index contributed by atoms with van der Waals surface area (Å²) in [6.07, 6.45) is 6.34. The molecule has 1 aromatic rings. The van der Waals surface area contributed by atoms with Crippen LogP contribution in [0.4, 0.5) is 0 Å². The van der Waals surface area contributed by atoms with E-state index in [9.17, 15) is 0 Å². The van der Waals surface area contributed by atoms with Gasteiger partial charge in [-0.2, -0.15) is 0 Å². The molecule has 1 nitrogen and oxygen atoms in total. The van der Waals surface area contributed by atoms with Gasteiger partial charge in [-0.1, -0.05) is 56.8 Å². The summed E-state index contributed by atoms with van der Waals surface area (Å²) in [6.45, 7) is 5.56. The highest BCUT2D eigenvalue weighted by Gasteiger charge is 2.07. The summed E-state index contributed by atoms with van der Waals surface area (Å²) >= 11 is 6.02. The summed E-state index contributed by atoms with van der Waals surface area (Å²) in [7, 11) is 0. The summed E-state index contributed by atoms with van der Waals surface area (Å²) in [6, 6.07) is 8.61. The minimum atomic E-state index is 0.440. The lowest BCUT2D eigenvalue weighted by Gasteiger charge is -2.17. The van der Waals surface area contributed by atoms with Crippen molar-refractivity contribution in [2.24, 2.45) is 0 Å². The lowest BCUT2D eigenvalue weighted by Crippen LogP contribution is -2.21. The predicted octanol–water partition coefficient (Wildman–Crippen LogP) is 4.96. The van der Waals surface area contributed by atoms with Crippen LogP contribution in [0.2, 0.25) is 5.02 Å². The van der Waals surface area contributed by atoms with Gasteiger partial charge >= 0.3 is 0 Å². The molecule has 1 unspecified atom stereocenters. The summed E-state index contributed by atoms with van der Waals surface area (Å²) in [5.41, 5.74) is 1.30. The standard InChI is InChI=1S/C15H24ClN/c1-3-5-6-7-11-17-15(4-2)13-9-8-10-14(16)12-13/h8-10,12,15,17H,3-7,11H2,1-2H3. The van der Waals surface area contributed by atoms with Crippen LogP contribution in [-0.4, -0.2) is 6.54 Å². The Morgan fingerprint density at radius 1 is 1.18 bits per heavy atom. The normalized spacial score (nSPS) is 12.6. The molecule has 0 aliphatic carbocycles. The molecule has 0 aliphatic rings. The molecule has 0 spiro atoms. The van der Waals surface area contributed by atoms with Gasteiger partial charge in [0.2, 0.25) is 0 Å². The van der Waals surface area contributed by atoms with E-state index in [0.29, 0.717) is 6.04 Å². The number of hydrogen-bond donors (Lipinski definition) is 1. The van der Waals surface area contributed by atoms with E-state index in [-0.39, 0.29) is 0 Å². The molecule has 0 radical (unpaired) electrons. The molecule has 0 aliphatic heterocycles. The van der Waals surface area contributed by atoms with Gasteiger partial charge in [-0.15, -0.1) is 0 Å². The second kappa shape index (κ2) is 8.54. The highest BCUT2D eigenvalue weighted by atomic mass is 35.5. The topological polar surface area (TPSA) is 12.0 Å². The van der Waals surface area contributed by atoms with Gasteiger partial charge in [-0.25, -0.2) is 0 Å². The van der Waals surface area contributed by atoms with E-state index in [1.165, 1.54) is 31.2 Å². The van der Waals surface area contributed by atoms with Crippen molar-refractivity contribution in [1.29, 1.82) is 0 Å². The SMILES string of the molecule is CCCCCCNC(CC)c1cccc(Cl)c1. The van der Waals surface area contributed by atoms with Crippen LogP contribution in [-0.2, 0) is 0 Å². The molecule has 17 heavy (non-hydrogen) atoms. The Bertz CT molecular complexity index is 312. The van der Waals surface area contributed by atoms with Crippen LogP contribution in [0.25, 0.3) is 0 Å². The first kappa shape index (κ1) is 14.5. The maximum Gasteiger partial charge on any atom is 0.0409 e. The van der Waals surface area contributed by atoms with E-state index >= 15 is 0 Å². The molecule has 0 amide bonds. The van der Waals surface area contributed by atoms with E-state index in [0.717, 1.165) is 18.0 Å². The summed E-state index contributed by atoms with van der Waals surface area (Å²) in [4.78, 5) is 0. The molecule has 0 heterocycles. The van der Waals surface area contributed by atoms with Crippen LogP contribution in [0.1, 0.15) is 57.6 Å². The highest BCUT2D eigenvalue weighted by Crippen LogP contribution is 2.20. The fourth-order valence-electron chi connectivity index (χ4n) is 2.05. The van der Waals surface area contributed by atoms with Crippen molar-refractivity contribution >= 4 is 11.6 Å². The number of hydrogen-bond acceptors (Lipinski definition) is 1. The Morgan fingerprint density at radius 2 is 2.00 bits per heavy atom. The van der Waals surface area contributed by atoms with Gasteiger partial charge in [0.15, 0.2) is 0 Å². The van der Waals surface area contributed by atoms with Crippen LogP contribution in [0.15, 0.2) is 24.3 Å². The molecule has 0 saturated carbocycles. The predicted molar refractivity (Wildman–Crippen MR) is 76.6 cm³/mol. The molecular formula is C15H24ClN. The van der Waals surface area contributed by atoms with E-state index in [4.69, 9.17) is 11.6 Å². The van der Waals surface area contributed by atoms with Gasteiger partial charge in [0, 0.05) is 11.1 Å². The van der Waals surface area contributed by atoms with Crippen molar-refractivity contribution < 1.29 is 0 Å². The molecule has 1 rings (SSSR count). The Labute approximate surface area is 111 Å². The third-order valence-electron chi connectivity index (χ3n) is 3.08. The molecule has 2 heteroatoms. The van der Waals surface area contributed by atoms with E-state index in [2.05, 4.69) is 31.3 Å². The molecule has 0 bridgehead atoms. The maximum absolute atomic E-state index is 6.02. The van der Waals surface area contributed by atoms with E-state index < -0.39 is 0 Å². The number of nitrogens with one attached hydrogen (secondary N) is 1. The number of benzene rings is 1. The fraction of sp³-hybridized carbons (Fsp3) is 0.600. The number of unbranched alkanes of at least 4 members (excludes halogenated alkanes) is 3. The van der Waals surface area contributed by atoms with Crippen molar-refractivity contribution in [3.05, 3.63) is 34.9 Å². The first-order valence-electron chi connectivity index (χ1n) is 6.76. The van der Waals surface area contributed by atoms with E-state index in [1.54, 1.807) is 0 Å². The molecule has 0 aromatic heterocycles. The first-order chi connectivity index (χ1) is 8.27. The van der Waals surface area contributed by atoms with Crippen molar-refractivity contribution in [3.63, 3.8) is 0 Å². The Kier molecular flexibility index (Phi) is 7.30. The highest BCUT2D eigenvalue weighted by molar-refractivity contribution is 6.30. The monoisotopic (exact) mass is 253 g/mol. The third-order valence-corrected chi connectivity index (χ3v) is 3.32. The Morgan fingerprint density at radius 3 is 2.65 bits per heavy atom. The quantitative estimate of drug-likeness (QED) is 0.646. The average Bonchev–Trinajstić information content (AvgIpc) is 2.34. The van der Waals surface area contributed by atoms with Gasteiger partial charge in [0.25, 0.3) is 0 Å².